The van der Waals surface area contributed by atoms with Crippen molar-refractivity contribution in [1.29, 1.82) is 0 Å². The molecule has 3 aromatic rings. The van der Waals surface area contributed by atoms with Gasteiger partial charge in [0.15, 0.2) is 5.82 Å². The normalized spacial score (nSPS) is 13.8. The molecule has 2 N–H and O–H groups in total. The number of imidazole rings is 2. The lowest BCUT2D eigenvalue weighted by Crippen LogP contribution is -2.42. The van der Waals surface area contributed by atoms with Crippen LogP contribution in [0.25, 0.3) is 11.0 Å². The summed E-state index contributed by atoms with van der Waals surface area (Å²) in [6, 6.07) is 7.79. The number of amides is 2. The van der Waals surface area contributed by atoms with E-state index in [-0.39, 0.29) is 17.5 Å². The number of nitrogens with one attached hydrogen (secondary N) is 2. The molecule has 2 aromatic heterocycles. The summed E-state index contributed by atoms with van der Waals surface area (Å²) in [7, 11) is 1.60. The predicted molar refractivity (Wildman–Crippen MR) is 102 cm³/mol. The zero-order chi connectivity index (χ0) is 19.5. The zero-order valence-electron chi connectivity index (χ0n) is 15.6. The summed E-state index contributed by atoms with van der Waals surface area (Å²) in [5.41, 5.74) is 2.13. The van der Waals surface area contributed by atoms with E-state index >= 15 is 0 Å². The molecule has 1 aliphatic rings. The largest absolute Gasteiger partial charge is 0.383 e. The molecule has 28 heavy (non-hydrogen) atoms. The second kappa shape index (κ2) is 7.81. The maximum Gasteiger partial charge on any atom is 0.290 e. The van der Waals surface area contributed by atoms with Crippen LogP contribution in [0.2, 0.25) is 0 Å². The number of para-hydroxylation sites is 2. The van der Waals surface area contributed by atoms with Crippen molar-refractivity contribution in [2.45, 2.75) is 13.0 Å². The van der Waals surface area contributed by atoms with Gasteiger partial charge in [-0.25, -0.2) is 9.97 Å². The summed E-state index contributed by atoms with van der Waals surface area (Å²) < 4.78 is 6.77. The van der Waals surface area contributed by atoms with E-state index in [1.807, 2.05) is 24.3 Å². The van der Waals surface area contributed by atoms with Crippen molar-refractivity contribution in [1.82, 2.24) is 29.7 Å². The minimum absolute atomic E-state index is 0.176. The van der Waals surface area contributed by atoms with Gasteiger partial charge >= 0.3 is 0 Å². The van der Waals surface area contributed by atoms with Crippen molar-refractivity contribution in [3.63, 3.8) is 0 Å². The number of aromatic amines is 1. The minimum atomic E-state index is -0.297. The zero-order valence-corrected chi connectivity index (χ0v) is 15.6. The highest BCUT2D eigenvalue weighted by atomic mass is 16.5. The van der Waals surface area contributed by atoms with Gasteiger partial charge in [-0.15, -0.1) is 0 Å². The second-order valence-corrected chi connectivity index (χ2v) is 6.63. The molecule has 0 spiro atoms. The molecule has 0 bridgehead atoms. The molecule has 1 aromatic carbocycles. The first-order chi connectivity index (χ1) is 13.7. The van der Waals surface area contributed by atoms with Gasteiger partial charge in [0.05, 0.1) is 17.6 Å². The van der Waals surface area contributed by atoms with Crippen LogP contribution >= 0.6 is 0 Å². The van der Waals surface area contributed by atoms with Crippen molar-refractivity contribution in [3.05, 3.63) is 47.8 Å². The number of carbonyl (C=O) groups is 2. The Labute approximate surface area is 161 Å². The summed E-state index contributed by atoms with van der Waals surface area (Å²) in [5, 5.41) is 2.84. The average molecular weight is 382 g/mol. The molecule has 146 valence electrons. The Morgan fingerprint density at radius 2 is 2.14 bits per heavy atom. The van der Waals surface area contributed by atoms with Crippen LogP contribution in [0, 0.1) is 0 Å². The van der Waals surface area contributed by atoms with Gasteiger partial charge in [0.1, 0.15) is 11.5 Å². The molecule has 1 aliphatic heterocycles. The summed E-state index contributed by atoms with van der Waals surface area (Å²) >= 11 is 0. The molecular formula is C19H22N6O3. The van der Waals surface area contributed by atoms with Crippen LogP contribution in [0.15, 0.2) is 30.5 Å². The van der Waals surface area contributed by atoms with Gasteiger partial charge in [0.25, 0.3) is 11.8 Å². The first-order valence-corrected chi connectivity index (χ1v) is 9.23. The molecule has 0 saturated heterocycles. The molecule has 0 atom stereocenters. The van der Waals surface area contributed by atoms with Gasteiger partial charge in [0.2, 0.25) is 0 Å². The third-order valence-corrected chi connectivity index (χ3v) is 4.75. The highest BCUT2D eigenvalue weighted by Crippen LogP contribution is 2.13. The monoisotopic (exact) mass is 382 g/mol. The van der Waals surface area contributed by atoms with Gasteiger partial charge < -0.3 is 24.5 Å². The molecule has 4 rings (SSSR count). The number of benzene rings is 1. The highest BCUT2D eigenvalue weighted by molar-refractivity contribution is 5.96. The number of H-pyrrole nitrogens is 1. The number of ether oxygens (including phenoxy) is 1. The Morgan fingerprint density at radius 3 is 2.96 bits per heavy atom. The van der Waals surface area contributed by atoms with Crippen LogP contribution in [0.1, 0.15) is 26.9 Å². The van der Waals surface area contributed by atoms with E-state index in [9.17, 15) is 9.59 Å². The van der Waals surface area contributed by atoms with Crippen LogP contribution in [-0.2, 0) is 17.7 Å². The predicted octanol–water partition coefficient (Wildman–Crippen LogP) is 0.834. The van der Waals surface area contributed by atoms with E-state index in [1.165, 1.54) is 0 Å². The molecule has 3 heterocycles. The molecule has 2 amide bonds. The van der Waals surface area contributed by atoms with E-state index in [0.29, 0.717) is 45.0 Å². The van der Waals surface area contributed by atoms with Crippen molar-refractivity contribution < 1.29 is 14.3 Å². The van der Waals surface area contributed by atoms with Crippen LogP contribution < -0.4 is 5.32 Å². The van der Waals surface area contributed by atoms with Crippen LogP contribution in [0.5, 0.6) is 0 Å². The molecule has 0 aliphatic carbocycles. The summed E-state index contributed by atoms with van der Waals surface area (Å²) in [6.07, 6.45) is 2.22. The fraction of sp³-hybridized carbons (Fsp3) is 0.368. The average Bonchev–Trinajstić information content (AvgIpc) is 3.31. The maximum absolute atomic E-state index is 12.5. The summed E-state index contributed by atoms with van der Waals surface area (Å²) in [4.78, 5) is 38.6. The Hall–Kier alpha value is -3.20. The molecule has 0 saturated carbocycles. The lowest BCUT2D eigenvalue weighted by Gasteiger charge is -2.26. The molecule has 0 fully saturated rings. The number of methoxy groups -OCH3 is 1. The Balaban J connectivity index is 1.36. The van der Waals surface area contributed by atoms with E-state index in [4.69, 9.17) is 4.74 Å². The Kier molecular flexibility index (Phi) is 5.07. The van der Waals surface area contributed by atoms with Gasteiger partial charge in [-0.1, -0.05) is 12.1 Å². The third-order valence-electron chi connectivity index (χ3n) is 4.75. The maximum atomic E-state index is 12.5. The molecular weight excluding hydrogens is 360 g/mol. The first kappa shape index (κ1) is 18.2. The topological polar surface area (TPSA) is 105 Å². The number of nitrogens with zero attached hydrogens (tertiary/aromatic N) is 4. The van der Waals surface area contributed by atoms with E-state index in [2.05, 4.69) is 20.3 Å². The lowest BCUT2D eigenvalue weighted by molar-refractivity contribution is 0.0633. The first-order valence-electron chi connectivity index (χ1n) is 9.23. The number of hydrogen-bond acceptors (Lipinski definition) is 5. The van der Waals surface area contributed by atoms with Crippen LogP contribution in [-0.4, -0.2) is 69.6 Å². The lowest BCUT2D eigenvalue weighted by atomic mass is 10.3. The fourth-order valence-corrected chi connectivity index (χ4v) is 3.26. The Bertz CT molecular complexity index is 975. The molecule has 0 unspecified atom stereocenters. The van der Waals surface area contributed by atoms with Crippen molar-refractivity contribution in [3.8, 4) is 0 Å². The van der Waals surface area contributed by atoms with E-state index in [1.54, 1.807) is 22.8 Å². The number of fused-ring (bicyclic) bond motifs is 2. The van der Waals surface area contributed by atoms with Gasteiger partial charge in [-0.2, -0.15) is 0 Å². The number of aromatic nitrogens is 4. The van der Waals surface area contributed by atoms with Gasteiger partial charge in [-0.05, 0) is 12.1 Å². The fourth-order valence-electron chi connectivity index (χ4n) is 3.26. The Morgan fingerprint density at radius 1 is 1.29 bits per heavy atom. The van der Waals surface area contributed by atoms with Crippen molar-refractivity contribution >= 4 is 22.8 Å². The van der Waals surface area contributed by atoms with Gasteiger partial charge in [0, 0.05) is 45.9 Å². The van der Waals surface area contributed by atoms with E-state index < -0.39 is 0 Å². The molecule has 9 heteroatoms. The summed E-state index contributed by atoms with van der Waals surface area (Å²) in [6.45, 7) is 2.61. The number of hydrogen-bond donors (Lipinski definition) is 2. The third kappa shape index (κ3) is 3.61. The standard InChI is InChI=1S/C19H22N6O3/c1-28-11-10-24-8-9-25-12-15(23-17(25)19(24)27)18(26)20-7-6-16-21-13-4-2-3-5-14(13)22-16/h2-5,12H,6-11H2,1H3,(H,20,26)(H,21,22). The second-order valence-electron chi connectivity index (χ2n) is 6.63. The van der Waals surface area contributed by atoms with Crippen molar-refractivity contribution in [2.24, 2.45) is 0 Å². The van der Waals surface area contributed by atoms with E-state index in [0.717, 1.165) is 16.9 Å². The number of carbonyl (C=O) groups excluding carboxylic acids is 2. The highest BCUT2D eigenvalue weighted by Gasteiger charge is 2.27. The van der Waals surface area contributed by atoms with Crippen molar-refractivity contribution in [2.75, 3.05) is 33.4 Å². The van der Waals surface area contributed by atoms with Crippen LogP contribution in [0.4, 0.5) is 0 Å². The smallest absolute Gasteiger partial charge is 0.290 e. The minimum Gasteiger partial charge on any atom is -0.383 e. The molecule has 9 nitrogen and oxygen atoms in total. The van der Waals surface area contributed by atoms with Gasteiger partial charge in [-0.3, -0.25) is 9.59 Å². The number of rotatable bonds is 7. The quantitative estimate of drug-likeness (QED) is 0.630. The molecule has 0 radical (unpaired) electrons. The summed E-state index contributed by atoms with van der Waals surface area (Å²) in [5.74, 6) is 0.637. The van der Waals surface area contributed by atoms with Crippen LogP contribution in [0.3, 0.4) is 0 Å². The SMILES string of the molecule is COCCN1CCn2cc(C(=O)NCCc3nc4ccccc4[nH]3)nc2C1=O.